The van der Waals surface area contributed by atoms with E-state index in [1.807, 2.05) is 39.1 Å². The zero-order valence-corrected chi connectivity index (χ0v) is 22.8. The molecule has 214 valence electrons. The maximum absolute atomic E-state index is 14.4. The van der Waals surface area contributed by atoms with Crippen LogP contribution >= 0.6 is 0 Å². The van der Waals surface area contributed by atoms with Gasteiger partial charge in [0.1, 0.15) is 17.9 Å². The molecule has 1 aromatic carbocycles. The third-order valence-electron chi connectivity index (χ3n) is 7.55. The summed E-state index contributed by atoms with van der Waals surface area (Å²) in [5.74, 6) is -4.84. The van der Waals surface area contributed by atoms with Crippen LogP contribution in [0.15, 0.2) is 42.7 Å². The molecule has 0 spiro atoms. The van der Waals surface area contributed by atoms with Crippen molar-refractivity contribution in [3.8, 4) is 6.19 Å². The molecule has 0 radical (unpaired) electrons. The van der Waals surface area contributed by atoms with Crippen LogP contribution in [0.3, 0.4) is 0 Å². The fraction of sp³-hybridized carbons (Fsp3) is 0.517. The first-order valence-electron chi connectivity index (χ1n) is 13.4. The van der Waals surface area contributed by atoms with Crippen LogP contribution < -0.4 is 10.2 Å². The molecule has 8 nitrogen and oxygen atoms in total. The van der Waals surface area contributed by atoms with Gasteiger partial charge in [-0.1, -0.05) is 32.9 Å². The highest BCUT2D eigenvalue weighted by Gasteiger charge is 2.44. The van der Waals surface area contributed by atoms with Gasteiger partial charge < -0.3 is 10.4 Å². The number of halogens is 3. The Morgan fingerprint density at radius 1 is 1.20 bits per heavy atom. The van der Waals surface area contributed by atoms with Gasteiger partial charge in [-0.3, -0.25) is 24.4 Å². The van der Waals surface area contributed by atoms with Crippen molar-refractivity contribution in [2.24, 2.45) is 0 Å². The maximum Gasteiger partial charge on any atom is 0.251 e. The minimum Gasteiger partial charge on any atom is -0.391 e. The molecule has 1 aliphatic heterocycles. The van der Waals surface area contributed by atoms with Crippen LogP contribution in [0.5, 0.6) is 0 Å². The molecule has 2 aromatic rings. The summed E-state index contributed by atoms with van der Waals surface area (Å²) in [5.41, 5.74) is 1.16. The van der Waals surface area contributed by atoms with Crippen molar-refractivity contribution in [1.82, 2.24) is 15.2 Å². The Morgan fingerprint density at radius 3 is 2.42 bits per heavy atom. The molecular weight excluding hydrogens is 523 g/mol. The number of β-amino-alcohol motifs (C(OH)–C–C–N with tert-alkyl or cyclic N) is 1. The fourth-order valence-corrected chi connectivity index (χ4v) is 5.30. The molecule has 40 heavy (non-hydrogen) atoms. The molecule has 3 unspecified atom stereocenters. The second kappa shape index (κ2) is 11.5. The van der Waals surface area contributed by atoms with Gasteiger partial charge in [-0.2, -0.15) is 5.26 Å². The van der Waals surface area contributed by atoms with E-state index in [9.17, 15) is 33.1 Å². The van der Waals surface area contributed by atoms with Crippen molar-refractivity contribution in [2.75, 3.05) is 11.4 Å². The number of carbonyl (C=O) groups excluding carboxylic acids is 2. The lowest BCUT2D eigenvalue weighted by Gasteiger charge is -2.36. The van der Waals surface area contributed by atoms with Gasteiger partial charge in [-0.25, -0.2) is 13.2 Å². The number of likely N-dealkylation sites (tertiary alicyclic amines) is 1. The largest absolute Gasteiger partial charge is 0.391 e. The van der Waals surface area contributed by atoms with E-state index in [4.69, 9.17) is 0 Å². The lowest BCUT2D eigenvalue weighted by molar-refractivity contribution is -0.129. The van der Waals surface area contributed by atoms with E-state index < -0.39 is 47.8 Å². The molecule has 3 atom stereocenters. The number of aliphatic hydroxyl groups is 1. The molecule has 1 saturated heterocycles. The number of nitrogens with zero attached hydrogens (tertiary/aromatic N) is 4. The molecule has 2 heterocycles. The minimum atomic E-state index is -2.80. The first kappa shape index (κ1) is 29.3. The van der Waals surface area contributed by atoms with Gasteiger partial charge in [-0.15, -0.1) is 0 Å². The minimum absolute atomic E-state index is 0.0313. The van der Waals surface area contributed by atoms with E-state index in [2.05, 4.69) is 10.3 Å². The number of alkyl halides is 2. The third-order valence-corrected chi connectivity index (χ3v) is 7.55. The van der Waals surface area contributed by atoms with E-state index >= 15 is 0 Å². The SMILES string of the molecule is CC(C)(C)c1ccc(N(C(=O)C2CC(O)CN2C#N)C(C(=O)NC2CCC(F)(F)CC2)c2cncc(F)c2)cc1. The van der Waals surface area contributed by atoms with Gasteiger partial charge in [0.15, 0.2) is 6.19 Å². The lowest BCUT2D eigenvalue weighted by atomic mass is 9.87. The number of hydrogen-bond acceptors (Lipinski definition) is 6. The predicted octanol–water partition coefficient (Wildman–Crippen LogP) is 4.20. The summed E-state index contributed by atoms with van der Waals surface area (Å²) in [6.45, 7) is 6.03. The van der Waals surface area contributed by atoms with Crippen LogP contribution in [-0.4, -0.2) is 57.5 Å². The number of aliphatic hydroxyl groups excluding tert-OH is 1. The summed E-state index contributed by atoms with van der Waals surface area (Å²) in [4.78, 5) is 34.3. The highest BCUT2D eigenvalue weighted by atomic mass is 19.3. The van der Waals surface area contributed by atoms with E-state index in [1.165, 1.54) is 11.1 Å². The number of anilines is 1. The van der Waals surface area contributed by atoms with Crippen LogP contribution in [0.4, 0.5) is 18.9 Å². The third kappa shape index (κ3) is 6.55. The van der Waals surface area contributed by atoms with Crippen LogP contribution in [-0.2, 0) is 15.0 Å². The molecule has 2 fully saturated rings. The number of aromatic nitrogens is 1. The van der Waals surface area contributed by atoms with Crippen LogP contribution in [0.1, 0.15) is 70.0 Å². The Labute approximate surface area is 231 Å². The first-order chi connectivity index (χ1) is 18.8. The van der Waals surface area contributed by atoms with Gasteiger partial charge >= 0.3 is 0 Å². The summed E-state index contributed by atoms with van der Waals surface area (Å²) in [6.07, 6.45) is 2.57. The quantitative estimate of drug-likeness (QED) is 0.516. The Kier molecular flexibility index (Phi) is 8.40. The van der Waals surface area contributed by atoms with Crippen LogP contribution in [0, 0.1) is 17.3 Å². The smallest absolute Gasteiger partial charge is 0.251 e. The number of pyridine rings is 1. The molecule has 1 aromatic heterocycles. The average Bonchev–Trinajstić information content (AvgIpc) is 3.28. The Balaban J connectivity index is 1.78. The zero-order valence-electron chi connectivity index (χ0n) is 22.8. The fourth-order valence-electron chi connectivity index (χ4n) is 5.30. The molecule has 2 aliphatic rings. The molecule has 2 N–H and O–H groups in total. The van der Waals surface area contributed by atoms with Gasteiger partial charge in [0.25, 0.3) is 5.91 Å². The molecule has 11 heteroatoms. The average molecular weight is 558 g/mol. The van der Waals surface area contributed by atoms with Gasteiger partial charge in [0.2, 0.25) is 11.8 Å². The van der Waals surface area contributed by atoms with Gasteiger partial charge in [-0.05, 0) is 42.0 Å². The Hall–Kier alpha value is -3.65. The van der Waals surface area contributed by atoms with E-state index in [-0.39, 0.29) is 49.6 Å². The number of nitriles is 1. The number of benzene rings is 1. The topological polar surface area (TPSA) is 110 Å². The van der Waals surface area contributed by atoms with Crippen molar-refractivity contribution in [2.45, 2.75) is 88.4 Å². The second-order valence-electron chi connectivity index (χ2n) is 11.6. The molecule has 1 aliphatic carbocycles. The number of hydrogen-bond donors (Lipinski definition) is 2. The highest BCUT2D eigenvalue weighted by Crippen LogP contribution is 2.36. The Bertz CT molecular complexity index is 1260. The summed E-state index contributed by atoms with van der Waals surface area (Å²) in [6, 6.07) is 5.06. The number of amides is 2. The molecule has 4 rings (SSSR count). The number of nitrogens with one attached hydrogen (secondary N) is 1. The van der Waals surface area contributed by atoms with Crippen LogP contribution in [0.2, 0.25) is 0 Å². The van der Waals surface area contributed by atoms with Gasteiger partial charge in [0, 0.05) is 42.8 Å². The van der Waals surface area contributed by atoms with Gasteiger partial charge in [0.05, 0.1) is 18.8 Å². The van der Waals surface area contributed by atoms with E-state index in [1.54, 1.807) is 12.1 Å². The summed E-state index contributed by atoms with van der Waals surface area (Å²) >= 11 is 0. The monoisotopic (exact) mass is 557 g/mol. The maximum atomic E-state index is 14.4. The summed E-state index contributed by atoms with van der Waals surface area (Å²) in [7, 11) is 0. The Morgan fingerprint density at radius 2 is 1.85 bits per heavy atom. The lowest BCUT2D eigenvalue weighted by Crippen LogP contribution is -2.52. The van der Waals surface area contributed by atoms with Crippen molar-refractivity contribution >= 4 is 17.5 Å². The normalized spacial score (nSPS) is 21.9. The first-order valence-corrected chi connectivity index (χ1v) is 13.4. The standard InChI is InChI=1S/C29H34F3N5O3/c1-28(2,3)19-4-6-22(7-5-19)37(27(40)24-13-23(38)16-36(24)17-33)25(18-12-20(30)15-34-14-18)26(39)35-21-8-10-29(31,32)11-9-21/h4-7,12,14-15,21,23-25,38H,8-11,13,16H2,1-3H3,(H,35,39). The number of carbonyl (C=O) groups is 2. The van der Waals surface area contributed by atoms with Crippen molar-refractivity contribution < 1.29 is 27.9 Å². The molecule has 2 amide bonds. The predicted molar refractivity (Wildman–Crippen MR) is 142 cm³/mol. The molecular formula is C29H34F3N5O3. The van der Waals surface area contributed by atoms with Crippen molar-refractivity contribution in [3.63, 3.8) is 0 Å². The zero-order chi connectivity index (χ0) is 29.2. The van der Waals surface area contributed by atoms with Crippen molar-refractivity contribution in [1.29, 1.82) is 5.26 Å². The summed E-state index contributed by atoms with van der Waals surface area (Å²) < 4.78 is 41.9. The molecule has 0 bridgehead atoms. The molecule has 1 saturated carbocycles. The summed E-state index contributed by atoms with van der Waals surface area (Å²) in [5, 5.41) is 22.7. The van der Waals surface area contributed by atoms with Crippen molar-refractivity contribution in [3.05, 3.63) is 59.7 Å². The van der Waals surface area contributed by atoms with E-state index in [0.717, 1.165) is 22.7 Å². The number of rotatable bonds is 6. The van der Waals surface area contributed by atoms with Crippen LogP contribution in [0.25, 0.3) is 0 Å². The van der Waals surface area contributed by atoms with E-state index in [0.29, 0.717) is 5.69 Å². The second-order valence-corrected chi connectivity index (χ2v) is 11.6. The highest BCUT2D eigenvalue weighted by molar-refractivity contribution is 6.04.